The Kier molecular flexibility index (Phi) is 6.00. The lowest BCUT2D eigenvalue weighted by Gasteiger charge is -2.47. The molecule has 1 heterocycles. The number of nitriles is 1. The van der Waals surface area contributed by atoms with E-state index in [2.05, 4.69) is 50.0 Å². The predicted octanol–water partition coefficient (Wildman–Crippen LogP) is 6.00. The van der Waals surface area contributed by atoms with E-state index in [1.54, 1.807) is 30.3 Å². The van der Waals surface area contributed by atoms with Gasteiger partial charge in [-0.15, -0.1) is 0 Å². The van der Waals surface area contributed by atoms with Gasteiger partial charge in [-0.25, -0.2) is 0 Å². The fourth-order valence-corrected chi connectivity index (χ4v) is 4.47. The van der Waals surface area contributed by atoms with Crippen molar-refractivity contribution in [3.8, 4) is 6.07 Å². The second kappa shape index (κ2) is 8.31. The quantitative estimate of drug-likeness (QED) is 0.499. The lowest BCUT2D eigenvalue weighted by molar-refractivity contribution is -0.112. The number of hydrogen-bond donors (Lipinski definition) is 1. The molecule has 0 saturated heterocycles. The van der Waals surface area contributed by atoms with Gasteiger partial charge in [-0.05, 0) is 80.6 Å². The molecular formula is C24H26ClN3O. The zero-order valence-corrected chi connectivity index (χ0v) is 18.0. The summed E-state index contributed by atoms with van der Waals surface area (Å²) >= 11 is 5.96. The third-order valence-electron chi connectivity index (χ3n) is 5.48. The fourth-order valence-electron chi connectivity index (χ4n) is 4.28. The minimum absolute atomic E-state index is 0.0565. The highest BCUT2D eigenvalue weighted by molar-refractivity contribution is 6.31. The van der Waals surface area contributed by atoms with Crippen molar-refractivity contribution in [1.29, 1.82) is 5.26 Å². The summed E-state index contributed by atoms with van der Waals surface area (Å²) in [6, 6.07) is 15.1. The van der Waals surface area contributed by atoms with E-state index in [4.69, 9.17) is 11.6 Å². The van der Waals surface area contributed by atoms with E-state index in [1.807, 2.05) is 12.1 Å². The van der Waals surface area contributed by atoms with Crippen LogP contribution in [0.1, 0.15) is 51.2 Å². The van der Waals surface area contributed by atoms with Gasteiger partial charge in [-0.3, -0.25) is 4.79 Å². The minimum atomic E-state index is -0.447. The Labute approximate surface area is 177 Å². The Hall–Kier alpha value is -2.77. The maximum Gasteiger partial charge on any atom is 0.266 e. The molecule has 0 fully saturated rings. The van der Waals surface area contributed by atoms with Gasteiger partial charge in [0.05, 0.1) is 0 Å². The molecule has 0 radical (unpaired) electrons. The van der Waals surface area contributed by atoms with Crippen LogP contribution < -0.4 is 10.2 Å². The molecule has 4 nitrogen and oxygen atoms in total. The summed E-state index contributed by atoms with van der Waals surface area (Å²) in [5.41, 5.74) is 4.06. The lowest BCUT2D eigenvalue weighted by atomic mass is 9.79. The molecule has 5 heteroatoms. The number of hydrogen-bond acceptors (Lipinski definition) is 3. The Morgan fingerprint density at radius 3 is 2.76 bits per heavy atom. The fraction of sp³-hybridized carbons (Fsp3) is 0.333. The molecule has 1 aliphatic heterocycles. The van der Waals surface area contributed by atoms with Crippen LogP contribution in [0.15, 0.2) is 48.0 Å². The first-order chi connectivity index (χ1) is 13.7. The van der Waals surface area contributed by atoms with Crippen LogP contribution in [-0.2, 0) is 4.79 Å². The summed E-state index contributed by atoms with van der Waals surface area (Å²) < 4.78 is 0. The van der Waals surface area contributed by atoms with Gasteiger partial charge in [-0.2, -0.15) is 5.26 Å². The average molecular weight is 408 g/mol. The molecule has 2 aromatic rings. The van der Waals surface area contributed by atoms with Crippen LogP contribution in [0.3, 0.4) is 0 Å². The molecular weight excluding hydrogens is 382 g/mol. The number of nitrogens with one attached hydrogen (secondary N) is 1. The van der Waals surface area contributed by atoms with Crippen molar-refractivity contribution in [3.63, 3.8) is 0 Å². The van der Waals surface area contributed by atoms with Crippen LogP contribution >= 0.6 is 11.6 Å². The highest BCUT2D eigenvalue weighted by Gasteiger charge is 2.35. The van der Waals surface area contributed by atoms with Crippen LogP contribution in [-0.4, -0.2) is 18.0 Å². The van der Waals surface area contributed by atoms with Crippen molar-refractivity contribution in [3.05, 3.63) is 64.2 Å². The summed E-state index contributed by atoms with van der Waals surface area (Å²) in [6.07, 6.45) is 2.70. The monoisotopic (exact) mass is 407 g/mol. The molecule has 1 amide bonds. The van der Waals surface area contributed by atoms with E-state index in [-0.39, 0.29) is 11.1 Å². The first-order valence-corrected chi connectivity index (χ1v) is 10.2. The van der Waals surface area contributed by atoms with Crippen LogP contribution in [0.2, 0.25) is 5.02 Å². The molecule has 1 unspecified atom stereocenters. The lowest BCUT2D eigenvalue weighted by Crippen LogP contribution is -2.48. The number of rotatable bonds is 4. The standard InChI is InChI=1S/C24H26ClN3O/c1-5-28-22-10-9-17(12-21(22)16(2)14-24(28,3)4)11-18(15-26)23(29)27-20-8-6-7-19(25)13-20/h6-13,16H,5,14H2,1-4H3,(H,27,29)/b18-11+. The number of carbonyl (C=O) groups excluding carboxylic acids is 1. The van der Waals surface area contributed by atoms with E-state index in [0.717, 1.165) is 18.5 Å². The number of fused-ring (bicyclic) bond motifs is 1. The molecule has 2 aromatic carbocycles. The first kappa shape index (κ1) is 21.0. The maximum absolute atomic E-state index is 12.5. The Bertz CT molecular complexity index is 1000. The number of carbonyl (C=O) groups is 1. The van der Waals surface area contributed by atoms with E-state index in [9.17, 15) is 10.1 Å². The van der Waals surface area contributed by atoms with Crippen molar-refractivity contribution in [2.75, 3.05) is 16.8 Å². The minimum Gasteiger partial charge on any atom is -0.366 e. The summed E-state index contributed by atoms with van der Waals surface area (Å²) in [4.78, 5) is 15.0. The molecule has 0 spiro atoms. The van der Waals surface area contributed by atoms with Crippen LogP contribution in [0.4, 0.5) is 11.4 Å². The molecule has 1 atom stereocenters. The SMILES string of the molecule is CCN1c2ccc(/C=C(\C#N)C(=O)Nc3cccc(Cl)c3)cc2C(C)CC1(C)C. The van der Waals surface area contributed by atoms with Crippen LogP contribution in [0.25, 0.3) is 6.08 Å². The Balaban J connectivity index is 1.90. The molecule has 3 rings (SSSR count). The first-order valence-electron chi connectivity index (χ1n) is 9.85. The average Bonchev–Trinajstić information content (AvgIpc) is 2.66. The van der Waals surface area contributed by atoms with E-state index >= 15 is 0 Å². The molecule has 29 heavy (non-hydrogen) atoms. The highest BCUT2D eigenvalue weighted by Crippen LogP contribution is 2.43. The van der Waals surface area contributed by atoms with Gasteiger partial charge < -0.3 is 10.2 Å². The second-order valence-electron chi connectivity index (χ2n) is 8.11. The largest absolute Gasteiger partial charge is 0.366 e. The molecule has 0 aromatic heterocycles. The van der Waals surface area contributed by atoms with Gasteiger partial charge in [0.15, 0.2) is 0 Å². The molecule has 1 N–H and O–H groups in total. The van der Waals surface area contributed by atoms with Crippen molar-refractivity contribution >= 4 is 35.0 Å². The summed E-state index contributed by atoms with van der Waals surface area (Å²) in [5.74, 6) is -0.0428. The van der Waals surface area contributed by atoms with E-state index in [0.29, 0.717) is 16.6 Å². The van der Waals surface area contributed by atoms with Gasteiger partial charge in [0.1, 0.15) is 11.6 Å². The van der Waals surface area contributed by atoms with Crippen LogP contribution in [0.5, 0.6) is 0 Å². The molecule has 0 bridgehead atoms. The van der Waals surface area contributed by atoms with Crippen molar-refractivity contribution < 1.29 is 4.79 Å². The second-order valence-corrected chi connectivity index (χ2v) is 8.55. The van der Waals surface area contributed by atoms with Gasteiger partial charge >= 0.3 is 0 Å². The molecule has 0 aliphatic carbocycles. The van der Waals surface area contributed by atoms with Gasteiger partial charge in [-0.1, -0.05) is 30.7 Å². The van der Waals surface area contributed by atoms with Gasteiger partial charge in [0, 0.05) is 28.5 Å². The molecule has 150 valence electrons. The maximum atomic E-state index is 12.5. The Morgan fingerprint density at radius 1 is 1.34 bits per heavy atom. The Morgan fingerprint density at radius 2 is 2.10 bits per heavy atom. The normalized spacial score (nSPS) is 18.0. The third kappa shape index (κ3) is 4.46. The third-order valence-corrected chi connectivity index (χ3v) is 5.72. The highest BCUT2D eigenvalue weighted by atomic mass is 35.5. The van der Waals surface area contributed by atoms with Crippen molar-refractivity contribution in [2.24, 2.45) is 0 Å². The number of anilines is 2. The van der Waals surface area contributed by atoms with Crippen molar-refractivity contribution in [1.82, 2.24) is 0 Å². The topological polar surface area (TPSA) is 56.1 Å². The number of halogens is 1. The summed E-state index contributed by atoms with van der Waals surface area (Å²) in [5, 5.41) is 12.8. The summed E-state index contributed by atoms with van der Waals surface area (Å²) in [6.45, 7) is 9.89. The number of benzene rings is 2. The van der Waals surface area contributed by atoms with Gasteiger partial charge in [0.25, 0.3) is 5.91 Å². The van der Waals surface area contributed by atoms with Crippen molar-refractivity contribution in [2.45, 2.75) is 45.6 Å². The summed E-state index contributed by atoms with van der Waals surface area (Å²) in [7, 11) is 0. The molecule has 0 saturated carbocycles. The van der Waals surface area contributed by atoms with E-state index in [1.165, 1.54) is 11.3 Å². The van der Waals surface area contributed by atoms with E-state index < -0.39 is 5.91 Å². The number of nitrogens with zero attached hydrogens (tertiary/aromatic N) is 2. The smallest absolute Gasteiger partial charge is 0.266 e. The van der Waals surface area contributed by atoms with Crippen LogP contribution in [0, 0.1) is 11.3 Å². The zero-order chi connectivity index (χ0) is 21.2. The van der Waals surface area contributed by atoms with Gasteiger partial charge in [0.2, 0.25) is 0 Å². The number of amides is 1. The zero-order valence-electron chi connectivity index (χ0n) is 17.3. The molecule has 1 aliphatic rings. The predicted molar refractivity (Wildman–Crippen MR) is 120 cm³/mol.